The minimum Gasteiger partial charge on any atom is -0.494 e. The van der Waals surface area contributed by atoms with Crippen molar-refractivity contribution in [3.63, 3.8) is 0 Å². The predicted molar refractivity (Wildman–Crippen MR) is 70.5 cm³/mol. The van der Waals surface area contributed by atoms with Crippen molar-refractivity contribution in [2.75, 3.05) is 26.9 Å². The molecule has 0 aliphatic heterocycles. The van der Waals surface area contributed by atoms with E-state index in [4.69, 9.17) is 9.47 Å². The lowest BCUT2D eigenvalue weighted by Gasteiger charge is -2.15. The van der Waals surface area contributed by atoms with Crippen LogP contribution in [0.25, 0.3) is 0 Å². The smallest absolute Gasteiger partial charge is 0.119 e. The molecule has 96 valence electrons. The molecule has 0 fully saturated rings. The van der Waals surface area contributed by atoms with E-state index in [0.717, 1.165) is 31.9 Å². The number of nitrogens with one attached hydrogen (secondary N) is 1. The zero-order valence-electron chi connectivity index (χ0n) is 11.0. The Kier molecular flexibility index (Phi) is 6.67. The summed E-state index contributed by atoms with van der Waals surface area (Å²) in [6.45, 7) is 6.62. The number of hydrogen-bond acceptors (Lipinski definition) is 3. The van der Waals surface area contributed by atoms with Gasteiger partial charge < -0.3 is 14.8 Å². The van der Waals surface area contributed by atoms with E-state index in [1.165, 1.54) is 5.56 Å². The van der Waals surface area contributed by atoms with E-state index in [-0.39, 0.29) is 0 Å². The van der Waals surface area contributed by atoms with Gasteiger partial charge in [-0.25, -0.2) is 0 Å². The fraction of sp³-hybridized carbons (Fsp3) is 0.571. The minimum absolute atomic E-state index is 0.315. The lowest BCUT2D eigenvalue weighted by Crippen LogP contribution is -2.22. The number of ether oxygens (including phenoxy) is 2. The van der Waals surface area contributed by atoms with Gasteiger partial charge in [-0.1, -0.05) is 19.1 Å². The molecule has 0 aromatic heterocycles. The van der Waals surface area contributed by atoms with Gasteiger partial charge in [0.2, 0.25) is 0 Å². The van der Waals surface area contributed by atoms with E-state index in [2.05, 4.69) is 31.3 Å². The molecule has 0 bridgehead atoms. The zero-order chi connectivity index (χ0) is 12.5. The Bertz CT molecular complexity index is 315. The number of hydrogen-bond donors (Lipinski definition) is 1. The van der Waals surface area contributed by atoms with Crippen LogP contribution in [0.3, 0.4) is 0 Å². The van der Waals surface area contributed by atoms with E-state index in [1.807, 2.05) is 12.1 Å². The summed E-state index contributed by atoms with van der Waals surface area (Å²) >= 11 is 0. The largest absolute Gasteiger partial charge is 0.494 e. The molecular formula is C14H23NO2. The SMILES string of the molecule is CCCOc1cccc([C@@H](C)NCCOC)c1. The molecule has 0 heterocycles. The quantitative estimate of drug-likeness (QED) is 0.705. The molecule has 0 saturated heterocycles. The molecule has 0 aliphatic rings. The van der Waals surface area contributed by atoms with Gasteiger partial charge in [0.1, 0.15) is 5.75 Å². The summed E-state index contributed by atoms with van der Waals surface area (Å²) < 4.78 is 10.6. The first kappa shape index (κ1) is 14.0. The maximum absolute atomic E-state index is 5.62. The number of rotatable bonds is 8. The molecule has 1 N–H and O–H groups in total. The number of benzene rings is 1. The first-order chi connectivity index (χ1) is 8.27. The van der Waals surface area contributed by atoms with E-state index >= 15 is 0 Å². The normalized spacial score (nSPS) is 12.4. The molecule has 0 unspecified atom stereocenters. The summed E-state index contributed by atoms with van der Waals surface area (Å²) in [5.74, 6) is 0.949. The van der Waals surface area contributed by atoms with Crippen molar-refractivity contribution >= 4 is 0 Å². The fourth-order valence-electron chi connectivity index (χ4n) is 1.59. The highest BCUT2D eigenvalue weighted by Crippen LogP contribution is 2.19. The Morgan fingerprint density at radius 1 is 1.29 bits per heavy atom. The van der Waals surface area contributed by atoms with Crippen LogP contribution in [-0.2, 0) is 4.74 Å². The Balaban J connectivity index is 2.51. The van der Waals surface area contributed by atoms with Crippen LogP contribution in [-0.4, -0.2) is 26.9 Å². The Hall–Kier alpha value is -1.06. The van der Waals surface area contributed by atoms with Gasteiger partial charge in [-0.3, -0.25) is 0 Å². The molecule has 3 nitrogen and oxygen atoms in total. The highest BCUT2D eigenvalue weighted by molar-refractivity contribution is 5.30. The Labute approximate surface area is 104 Å². The minimum atomic E-state index is 0.315. The van der Waals surface area contributed by atoms with Crippen LogP contribution in [0.5, 0.6) is 5.75 Å². The van der Waals surface area contributed by atoms with Crippen molar-refractivity contribution in [2.45, 2.75) is 26.3 Å². The van der Waals surface area contributed by atoms with E-state index in [1.54, 1.807) is 7.11 Å². The molecular weight excluding hydrogens is 214 g/mol. The van der Waals surface area contributed by atoms with E-state index in [9.17, 15) is 0 Å². The van der Waals surface area contributed by atoms with Crippen molar-refractivity contribution in [1.82, 2.24) is 5.32 Å². The van der Waals surface area contributed by atoms with Crippen LogP contribution in [0.15, 0.2) is 24.3 Å². The van der Waals surface area contributed by atoms with Gasteiger partial charge in [0.05, 0.1) is 13.2 Å². The second kappa shape index (κ2) is 8.09. The summed E-state index contributed by atoms with van der Waals surface area (Å²) in [6.07, 6.45) is 1.03. The highest BCUT2D eigenvalue weighted by atomic mass is 16.5. The molecule has 0 radical (unpaired) electrons. The topological polar surface area (TPSA) is 30.5 Å². The summed E-state index contributed by atoms with van der Waals surface area (Å²) in [5.41, 5.74) is 1.25. The summed E-state index contributed by atoms with van der Waals surface area (Å²) in [6, 6.07) is 8.56. The zero-order valence-corrected chi connectivity index (χ0v) is 11.0. The van der Waals surface area contributed by atoms with E-state index < -0.39 is 0 Å². The predicted octanol–water partition coefficient (Wildman–Crippen LogP) is 2.77. The average molecular weight is 237 g/mol. The molecule has 0 amide bonds. The standard InChI is InChI=1S/C14H23NO2/c1-4-9-17-14-7-5-6-13(11-14)12(2)15-8-10-16-3/h5-7,11-12,15H,4,8-10H2,1-3H3/t12-/m1/s1. The second-order valence-electron chi connectivity index (χ2n) is 4.09. The average Bonchev–Trinajstić information content (AvgIpc) is 2.37. The lowest BCUT2D eigenvalue weighted by atomic mass is 10.1. The molecule has 0 saturated carbocycles. The van der Waals surface area contributed by atoms with Crippen molar-refractivity contribution in [1.29, 1.82) is 0 Å². The molecule has 0 spiro atoms. The highest BCUT2D eigenvalue weighted by Gasteiger charge is 2.05. The first-order valence-electron chi connectivity index (χ1n) is 6.23. The summed E-state index contributed by atoms with van der Waals surface area (Å²) in [4.78, 5) is 0. The molecule has 1 aromatic rings. The Morgan fingerprint density at radius 3 is 2.82 bits per heavy atom. The second-order valence-corrected chi connectivity index (χ2v) is 4.09. The van der Waals surface area contributed by atoms with Crippen LogP contribution in [0, 0.1) is 0 Å². The summed E-state index contributed by atoms with van der Waals surface area (Å²) in [7, 11) is 1.71. The molecule has 1 atom stereocenters. The fourth-order valence-corrected chi connectivity index (χ4v) is 1.59. The Morgan fingerprint density at radius 2 is 2.12 bits per heavy atom. The maximum atomic E-state index is 5.62. The maximum Gasteiger partial charge on any atom is 0.119 e. The van der Waals surface area contributed by atoms with Gasteiger partial charge in [0.25, 0.3) is 0 Å². The van der Waals surface area contributed by atoms with Crippen LogP contribution in [0.2, 0.25) is 0 Å². The number of methoxy groups -OCH3 is 1. The van der Waals surface area contributed by atoms with Crippen LogP contribution in [0.1, 0.15) is 31.9 Å². The van der Waals surface area contributed by atoms with E-state index in [0.29, 0.717) is 6.04 Å². The van der Waals surface area contributed by atoms with Gasteiger partial charge in [-0.2, -0.15) is 0 Å². The van der Waals surface area contributed by atoms with Crippen LogP contribution < -0.4 is 10.1 Å². The molecule has 3 heteroatoms. The van der Waals surface area contributed by atoms with Crippen LogP contribution in [0.4, 0.5) is 0 Å². The third-order valence-corrected chi connectivity index (χ3v) is 2.59. The molecule has 17 heavy (non-hydrogen) atoms. The van der Waals surface area contributed by atoms with Gasteiger partial charge in [0, 0.05) is 19.7 Å². The van der Waals surface area contributed by atoms with Crippen molar-refractivity contribution < 1.29 is 9.47 Å². The third kappa shape index (κ3) is 5.20. The molecule has 1 rings (SSSR count). The molecule has 1 aromatic carbocycles. The molecule has 0 aliphatic carbocycles. The monoisotopic (exact) mass is 237 g/mol. The van der Waals surface area contributed by atoms with Gasteiger partial charge in [-0.05, 0) is 31.0 Å². The van der Waals surface area contributed by atoms with Crippen molar-refractivity contribution in [2.24, 2.45) is 0 Å². The van der Waals surface area contributed by atoms with Gasteiger partial charge >= 0.3 is 0 Å². The van der Waals surface area contributed by atoms with Crippen molar-refractivity contribution in [3.05, 3.63) is 29.8 Å². The summed E-state index contributed by atoms with van der Waals surface area (Å²) in [5, 5.41) is 3.40. The first-order valence-corrected chi connectivity index (χ1v) is 6.23. The van der Waals surface area contributed by atoms with Gasteiger partial charge in [0.15, 0.2) is 0 Å². The van der Waals surface area contributed by atoms with Gasteiger partial charge in [-0.15, -0.1) is 0 Å². The van der Waals surface area contributed by atoms with Crippen molar-refractivity contribution in [3.8, 4) is 5.75 Å². The third-order valence-electron chi connectivity index (χ3n) is 2.59. The lowest BCUT2D eigenvalue weighted by molar-refractivity contribution is 0.196. The van der Waals surface area contributed by atoms with Crippen LogP contribution >= 0.6 is 0 Å².